The van der Waals surface area contributed by atoms with E-state index in [0.717, 1.165) is 11.3 Å². The molecule has 150 valence electrons. The number of hydrogen-bond acceptors (Lipinski definition) is 4. The summed E-state index contributed by atoms with van der Waals surface area (Å²) in [4.78, 5) is 13.0. The van der Waals surface area contributed by atoms with Crippen molar-refractivity contribution in [3.63, 3.8) is 0 Å². The molecule has 0 aromatic heterocycles. The number of hydrogen-bond donors (Lipinski definition) is 2. The first-order valence-corrected chi connectivity index (χ1v) is 10.7. The first kappa shape index (κ1) is 20.4. The Morgan fingerprint density at radius 2 is 1.86 bits per heavy atom. The summed E-state index contributed by atoms with van der Waals surface area (Å²) in [5.41, 5.74) is 1.38. The van der Waals surface area contributed by atoms with Gasteiger partial charge in [-0.15, -0.1) is 0 Å². The fraction of sp³-hybridized carbons (Fsp3) is 0.381. The summed E-state index contributed by atoms with van der Waals surface area (Å²) in [7, 11) is -3.72. The zero-order valence-corrected chi connectivity index (χ0v) is 17.4. The van der Waals surface area contributed by atoms with Crippen molar-refractivity contribution in [2.45, 2.75) is 50.6 Å². The summed E-state index contributed by atoms with van der Waals surface area (Å²) >= 11 is 0. The average molecular weight is 403 g/mol. The summed E-state index contributed by atoms with van der Waals surface area (Å²) in [6.45, 7) is 7.63. The highest BCUT2D eigenvalue weighted by Gasteiger charge is 2.26. The Morgan fingerprint density at radius 1 is 1.14 bits per heavy atom. The van der Waals surface area contributed by atoms with E-state index in [-0.39, 0.29) is 16.8 Å². The summed E-state index contributed by atoms with van der Waals surface area (Å²) in [6, 6.07) is 12.0. The smallest absolute Gasteiger partial charge is 0.252 e. The highest BCUT2D eigenvalue weighted by molar-refractivity contribution is 7.89. The lowest BCUT2D eigenvalue weighted by molar-refractivity contribution is 0.0924. The number of para-hydroxylation sites is 1. The molecule has 7 heteroatoms. The molecule has 0 bridgehead atoms. The third-order valence-electron chi connectivity index (χ3n) is 4.47. The van der Waals surface area contributed by atoms with Crippen LogP contribution in [0.4, 0.5) is 0 Å². The minimum atomic E-state index is -3.72. The Morgan fingerprint density at radius 3 is 2.57 bits per heavy atom. The number of benzene rings is 2. The molecule has 0 unspecified atom stereocenters. The second kappa shape index (κ2) is 7.56. The molecule has 28 heavy (non-hydrogen) atoms. The molecule has 0 spiro atoms. The molecule has 1 atom stereocenters. The van der Waals surface area contributed by atoms with Crippen molar-refractivity contribution in [3.8, 4) is 5.75 Å². The van der Waals surface area contributed by atoms with E-state index in [1.807, 2.05) is 24.3 Å². The van der Waals surface area contributed by atoms with Gasteiger partial charge >= 0.3 is 0 Å². The van der Waals surface area contributed by atoms with Gasteiger partial charge in [0, 0.05) is 23.1 Å². The number of aryl methyl sites for hydroxylation is 1. The second-order valence-corrected chi connectivity index (χ2v) is 9.72. The quantitative estimate of drug-likeness (QED) is 0.822. The van der Waals surface area contributed by atoms with Crippen molar-refractivity contribution in [2.24, 2.45) is 0 Å². The minimum absolute atomic E-state index is 0.0746. The van der Waals surface area contributed by atoms with Gasteiger partial charge in [-0.25, -0.2) is 13.1 Å². The van der Waals surface area contributed by atoms with Crippen LogP contribution in [0, 0.1) is 6.92 Å². The molecule has 1 aliphatic rings. The maximum absolute atomic E-state index is 12.9. The minimum Gasteiger partial charge on any atom is -0.493 e. The van der Waals surface area contributed by atoms with Crippen LogP contribution in [0.5, 0.6) is 5.75 Å². The van der Waals surface area contributed by atoms with E-state index in [1.165, 1.54) is 12.1 Å². The van der Waals surface area contributed by atoms with Crippen LogP contribution in [0.15, 0.2) is 47.4 Å². The number of rotatable bonds is 4. The van der Waals surface area contributed by atoms with Crippen molar-refractivity contribution in [1.82, 2.24) is 10.0 Å². The van der Waals surface area contributed by atoms with Gasteiger partial charge in [-0.1, -0.05) is 24.3 Å². The summed E-state index contributed by atoms with van der Waals surface area (Å²) in [5.74, 6) is 0.466. The van der Waals surface area contributed by atoms with Crippen LogP contribution in [0.1, 0.15) is 54.7 Å². The van der Waals surface area contributed by atoms with Crippen molar-refractivity contribution in [2.75, 3.05) is 6.61 Å². The van der Waals surface area contributed by atoms with Crippen LogP contribution in [0.3, 0.4) is 0 Å². The zero-order chi connectivity index (χ0) is 20.5. The number of carbonyl (C=O) groups is 1. The number of fused-ring (bicyclic) bond motifs is 1. The molecule has 2 aromatic carbocycles. The predicted octanol–water partition coefficient (Wildman–Crippen LogP) is 3.33. The summed E-state index contributed by atoms with van der Waals surface area (Å²) in [6.07, 6.45) is 0.658. The lowest BCUT2D eigenvalue weighted by Crippen LogP contribution is -2.40. The Labute approximate surface area is 166 Å². The van der Waals surface area contributed by atoms with E-state index >= 15 is 0 Å². The lowest BCUT2D eigenvalue weighted by Gasteiger charge is -2.27. The SMILES string of the molecule is Cc1ccc(S(=O)(=O)NC(C)(C)C)cc1C(=O)N[C@@H]1CCOc2ccccc21. The van der Waals surface area contributed by atoms with Crippen molar-refractivity contribution >= 4 is 15.9 Å². The molecule has 0 saturated carbocycles. The highest BCUT2D eigenvalue weighted by Crippen LogP contribution is 2.32. The number of ether oxygens (including phenoxy) is 1. The number of sulfonamides is 1. The first-order valence-electron chi connectivity index (χ1n) is 9.24. The van der Waals surface area contributed by atoms with Gasteiger partial charge in [0.05, 0.1) is 17.5 Å². The molecule has 1 aliphatic heterocycles. The molecule has 2 aromatic rings. The predicted molar refractivity (Wildman–Crippen MR) is 108 cm³/mol. The molecular weight excluding hydrogens is 376 g/mol. The topological polar surface area (TPSA) is 84.5 Å². The maximum Gasteiger partial charge on any atom is 0.252 e. The Bertz CT molecular complexity index is 994. The van der Waals surface area contributed by atoms with Crippen LogP contribution in [0.25, 0.3) is 0 Å². The van der Waals surface area contributed by atoms with Crippen LogP contribution in [-0.2, 0) is 10.0 Å². The molecule has 3 rings (SSSR count). The van der Waals surface area contributed by atoms with Gasteiger partial charge in [0.2, 0.25) is 10.0 Å². The van der Waals surface area contributed by atoms with E-state index in [4.69, 9.17) is 4.74 Å². The van der Waals surface area contributed by atoms with E-state index in [9.17, 15) is 13.2 Å². The molecule has 1 heterocycles. The molecule has 2 N–H and O–H groups in total. The fourth-order valence-corrected chi connectivity index (χ4v) is 4.65. The van der Waals surface area contributed by atoms with Gasteiger partial charge in [-0.2, -0.15) is 0 Å². The third-order valence-corrected chi connectivity index (χ3v) is 6.22. The van der Waals surface area contributed by atoms with Gasteiger partial charge < -0.3 is 10.1 Å². The van der Waals surface area contributed by atoms with Gasteiger partial charge in [0.15, 0.2) is 0 Å². The van der Waals surface area contributed by atoms with Crippen LogP contribution >= 0.6 is 0 Å². The van der Waals surface area contributed by atoms with Crippen LogP contribution in [0.2, 0.25) is 0 Å². The van der Waals surface area contributed by atoms with E-state index < -0.39 is 15.6 Å². The molecule has 0 saturated heterocycles. The Balaban J connectivity index is 1.87. The maximum atomic E-state index is 12.9. The van der Waals surface area contributed by atoms with Gasteiger partial charge in [0.1, 0.15) is 5.75 Å². The van der Waals surface area contributed by atoms with E-state index in [1.54, 1.807) is 33.8 Å². The number of carbonyl (C=O) groups excluding carboxylic acids is 1. The largest absolute Gasteiger partial charge is 0.493 e. The number of nitrogens with one attached hydrogen (secondary N) is 2. The lowest BCUT2D eigenvalue weighted by atomic mass is 9.99. The standard InChI is InChI=1S/C21H26N2O4S/c1-14-9-10-15(28(25,26)23-21(2,3)4)13-17(14)20(24)22-18-11-12-27-19-8-6-5-7-16(18)19/h5-10,13,18,23H,11-12H2,1-4H3,(H,22,24)/t18-/m1/s1. The summed E-state index contributed by atoms with van der Waals surface area (Å²) < 4.78 is 33.5. The van der Waals surface area contributed by atoms with E-state index in [2.05, 4.69) is 10.0 Å². The second-order valence-electron chi connectivity index (χ2n) is 8.03. The van der Waals surface area contributed by atoms with Crippen LogP contribution < -0.4 is 14.8 Å². The average Bonchev–Trinajstić information content (AvgIpc) is 2.60. The first-order chi connectivity index (χ1) is 13.1. The third kappa shape index (κ3) is 4.54. The Hall–Kier alpha value is -2.38. The van der Waals surface area contributed by atoms with Gasteiger partial charge in [0.25, 0.3) is 5.91 Å². The van der Waals surface area contributed by atoms with Crippen LogP contribution in [-0.4, -0.2) is 26.5 Å². The monoisotopic (exact) mass is 402 g/mol. The normalized spacial score (nSPS) is 16.8. The molecule has 0 aliphatic carbocycles. The molecule has 1 amide bonds. The van der Waals surface area contributed by atoms with Crippen molar-refractivity contribution in [1.29, 1.82) is 0 Å². The van der Waals surface area contributed by atoms with Gasteiger partial charge in [-0.3, -0.25) is 4.79 Å². The van der Waals surface area contributed by atoms with Crippen molar-refractivity contribution < 1.29 is 17.9 Å². The zero-order valence-electron chi connectivity index (χ0n) is 16.6. The fourth-order valence-electron chi connectivity index (χ4n) is 3.20. The molecular formula is C21H26N2O4S. The Kier molecular flexibility index (Phi) is 5.50. The van der Waals surface area contributed by atoms with E-state index in [0.29, 0.717) is 24.2 Å². The van der Waals surface area contributed by atoms with Crippen molar-refractivity contribution in [3.05, 3.63) is 59.2 Å². The summed E-state index contributed by atoms with van der Waals surface area (Å²) in [5, 5.41) is 3.02. The highest BCUT2D eigenvalue weighted by atomic mass is 32.2. The van der Waals surface area contributed by atoms with Gasteiger partial charge in [-0.05, 0) is 51.5 Å². The molecule has 0 fully saturated rings. The molecule has 6 nitrogen and oxygen atoms in total. The molecule has 0 radical (unpaired) electrons. The number of amides is 1.